The molecule has 0 aliphatic heterocycles. The van der Waals surface area contributed by atoms with Crippen molar-refractivity contribution in [3.05, 3.63) is 27.2 Å². The average Bonchev–Trinajstić information content (AvgIpc) is 2.13. The molecule has 1 rings (SSSR count). The van der Waals surface area contributed by atoms with Crippen molar-refractivity contribution in [3.8, 4) is 5.75 Å². The van der Waals surface area contributed by atoms with Gasteiger partial charge in [0, 0.05) is 6.07 Å². The van der Waals surface area contributed by atoms with Crippen molar-refractivity contribution < 1.29 is 13.6 Å². The third kappa shape index (κ3) is 3.81. The van der Waals surface area contributed by atoms with Crippen molar-refractivity contribution in [1.82, 2.24) is 0 Å². The molecule has 8 heteroatoms. The van der Waals surface area contributed by atoms with Gasteiger partial charge >= 0.3 is 7.75 Å². The molecule has 1 aromatic rings. The fourth-order valence-corrected chi connectivity index (χ4v) is 2.38. The van der Waals surface area contributed by atoms with Gasteiger partial charge in [-0.15, -0.1) is 0 Å². The highest BCUT2D eigenvalue weighted by molar-refractivity contribution is 7.51. The van der Waals surface area contributed by atoms with Gasteiger partial charge in [0.05, 0.1) is 21.7 Å². The lowest BCUT2D eigenvalue weighted by Gasteiger charge is -2.14. The molecule has 0 aromatic heterocycles. The molecule has 90 valence electrons. The topological polar surface area (TPSA) is 61.5 Å². The van der Waals surface area contributed by atoms with Gasteiger partial charge in [-0.05, 0) is 13.0 Å². The number of halogens is 3. The zero-order valence-corrected chi connectivity index (χ0v) is 11.4. The van der Waals surface area contributed by atoms with Crippen LogP contribution in [0.5, 0.6) is 5.75 Å². The molecule has 1 aromatic carbocycles. The summed E-state index contributed by atoms with van der Waals surface area (Å²) in [5.41, 5.74) is 5.29. The van der Waals surface area contributed by atoms with Crippen molar-refractivity contribution in [1.29, 1.82) is 0 Å². The van der Waals surface area contributed by atoms with E-state index in [4.69, 9.17) is 49.4 Å². The van der Waals surface area contributed by atoms with Crippen LogP contribution < -0.4 is 10.0 Å². The van der Waals surface area contributed by atoms with Crippen molar-refractivity contribution in [2.45, 2.75) is 6.92 Å². The molecule has 1 unspecified atom stereocenters. The Morgan fingerprint density at radius 2 is 1.81 bits per heavy atom. The molecule has 0 spiro atoms. The highest BCUT2D eigenvalue weighted by Crippen LogP contribution is 2.44. The van der Waals surface area contributed by atoms with Gasteiger partial charge in [0.15, 0.2) is 5.75 Å². The largest absolute Gasteiger partial charge is 0.456 e. The van der Waals surface area contributed by atoms with Crippen LogP contribution in [0.25, 0.3) is 0 Å². The minimum absolute atomic E-state index is 0.0651. The van der Waals surface area contributed by atoms with E-state index in [0.29, 0.717) is 0 Å². The Hall–Kier alpha value is 0.0400. The standard InChI is InChI=1S/C8H9Cl3NO3P/c1-2-14-16(12,13)15-8-4-6(10)5(9)3-7(8)11/h3-4H,2H2,1H3,(H2,12,13). The molecule has 0 aliphatic carbocycles. The zero-order valence-electron chi connectivity index (χ0n) is 8.25. The van der Waals surface area contributed by atoms with E-state index in [1.54, 1.807) is 6.92 Å². The van der Waals surface area contributed by atoms with Crippen LogP contribution in [0.3, 0.4) is 0 Å². The SMILES string of the molecule is CCOP(N)(=O)Oc1cc(Cl)c(Cl)cc1Cl. The Kier molecular flexibility index (Phi) is 4.92. The molecule has 2 N–H and O–H groups in total. The summed E-state index contributed by atoms with van der Waals surface area (Å²) in [6, 6.07) is 2.69. The van der Waals surface area contributed by atoms with Crippen molar-refractivity contribution >= 4 is 42.5 Å². The Morgan fingerprint density at radius 3 is 2.38 bits per heavy atom. The molecular weight excluding hydrogens is 295 g/mol. The minimum atomic E-state index is -3.66. The molecule has 0 aliphatic rings. The number of benzene rings is 1. The zero-order chi connectivity index (χ0) is 12.3. The van der Waals surface area contributed by atoms with Gasteiger partial charge in [-0.1, -0.05) is 34.8 Å². The fourth-order valence-electron chi connectivity index (χ4n) is 0.918. The van der Waals surface area contributed by atoms with E-state index in [2.05, 4.69) is 0 Å². The third-order valence-corrected chi connectivity index (χ3v) is 3.60. The van der Waals surface area contributed by atoms with E-state index < -0.39 is 7.75 Å². The summed E-state index contributed by atoms with van der Waals surface area (Å²) in [5, 5.41) is 0.639. The maximum absolute atomic E-state index is 11.5. The van der Waals surface area contributed by atoms with Crippen molar-refractivity contribution in [2.75, 3.05) is 6.61 Å². The summed E-state index contributed by atoms with van der Waals surface area (Å²) in [4.78, 5) is 0. The first-order valence-electron chi connectivity index (χ1n) is 4.23. The number of rotatable bonds is 4. The molecule has 0 heterocycles. The van der Waals surface area contributed by atoms with E-state index in [1.807, 2.05) is 0 Å². The van der Waals surface area contributed by atoms with Gasteiger partial charge < -0.3 is 4.52 Å². The molecule has 0 saturated carbocycles. The van der Waals surface area contributed by atoms with Crippen LogP contribution in [-0.4, -0.2) is 6.61 Å². The average molecular weight is 304 g/mol. The second kappa shape index (κ2) is 5.58. The summed E-state index contributed by atoms with van der Waals surface area (Å²) in [6.45, 7) is 1.80. The summed E-state index contributed by atoms with van der Waals surface area (Å²) in [7, 11) is -3.66. The van der Waals surface area contributed by atoms with Gasteiger partial charge in [-0.2, -0.15) is 0 Å². The van der Waals surface area contributed by atoms with E-state index >= 15 is 0 Å². The summed E-state index contributed by atoms with van der Waals surface area (Å²) in [6.07, 6.45) is 0. The number of hydrogen-bond acceptors (Lipinski definition) is 3. The maximum Gasteiger partial charge on any atom is 0.456 e. The molecule has 0 saturated heterocycles. The minimum Gasteiger partial charge on any atom is -0.412 e. The summed E-state index contributed by atoms with van der Waals surface area (Å²) in [5.74, 6) is 0.0651. The second-order valence-electron chi connectivity index (χ2n) is 2.75. The Balaban J connectivity index is 2.98. The first kappa shape index (κ1) is 14.1. The first-order chi connectivity index (χ1) is 7.35. The van der Waals surface area contributed by atoms with Crippen molar-refractivity contribution in [2.24, 2.45) is 5.50 Å². The lowest BCUT2D eigenvalue weighted by atomic mass is 10.3. The van der Waals surface area contributed by atoms with E-state index in [9.17, 15) is 4.57 Å². The maximum atomic E-state index is 11.5. The van der Waals surface area contributed by atoms with Crippen LogP contribution in [0.1, 0.15) is 6.92 Å². The van der Waals surface area contributed by atoms with Crippen LogP contribution in [0.4, 0.5) is 0 Å². The Labute approximate surface area is 108 Å². The van der Waals surface area contributed by atoms with E-state index in [1.165, 1.54) is 12.1 Å². The van der Waals surface area contributed by atoms with Crippen molar-refractivity contribution in [3.63, 3.8) is 0 Å². The molecule has 0 amide bonds. The predicted molar refractivity (Wildman–Crippen MR) is 65.5 cm³/mol. The normalized spacial score (nSPS) is 14.6. The number of hydrogen-bond donors (Lipinski definition) is 1. The van der Waals surface area contributed by atoms with Gasteiger partial charge in [0.1, 0.15) is 0 Å². The van der Waals surface area contributed by atoms with Crippen LogP contribution in [0.15, 0.2) is 12.1 Å². The van der Waals surface area contributed by atoms with Gasteiger partial charge in [-0.3, -0.25) is 4.52 Å². The molecule has 4 nitrogen and oxygen atoms in total. The lowest BCUT2D eigenvalue weighted by molar-refractivity contribution is 0.280. The van der Waals surface area contributed by atoms with Crippen LogP contribution in [0, 0.1) is 0 Å². The second-order valence-corrected chi connectivity index (χ2v) is 5.49. The van der Waals surface area contributed by atoms with Gasteiger partial charge in [0.2, 0.25) is 0 Å². The highest BCUT2D eigenvalue weighted by Gasteiger charge is 2.21. The van der Waals surface area contributed by atoms with Crippen LogP contribution in [0.2, 0.25) is 15.1 Å². The molecular formula is C8H9Cl3NO3P. The highest BCUT2D eigenvalue weighted by atomic mass is 35.5. The van der Waals surface area contributed by atoms with Gasteiger partial charge in [0.25, 0.3) is 0 Å². The molecule has 16 heavy (non-hydrogen) atoms. The molecule has 0 radical (unpaired) electrons. The quantitative estimate of drug-likeness (QED) is 0.671. The van der Waals surface area contributed by atoms with Gasteiger partial charge in [-0.25, -0.2) is 10.1 Å². The molecule has 0 bridgehead atoms. The Bertz CT molecular complexity index is 441. The van der Waals surface area contributed by atoms with Crippen LogP contribution in [-0.2, 0) is 9.09 Å². The van der Waals surface area contributed by atoms with Crippen LogP contribution >= 0.6 is 42.5 Å². The third-order valence-electron chi connectivity index (χ3n) is 1.51. The van der Waals surface area contributed by atoms with E-state index in [-0.39, 0.29) is 27.4 Å². The Morgan fingerprint density at radius 1 is 1.25 bits per heavy atom. The number of nitrogens with two attached hydrogens (primary N) is 1. The molecule has 1 atom stereocenters. The monoisotopic (exact) mass is 303 g/mol. The fraction of sp³-hybridized carbons (Fsp3) is 0.250. The van der Waals surface area contributed by atoms with E-state index in [0.717, 1.165) is 0 Å². The predicted octanol–water partition coefficient (Wildman–Crippen LogP) is 4.13. The lowest BCUT2D eigenvalue weighted by Crippen LogP contribution is -2.06. The smallest absolute Gasteiger partial charge is 0.412 e. The summed E-state index contributed by atoms with van der Waals surface area (Å²) >= 11 is 17.3. The first-order valence-corrected chi connectivity index (χ1v) is 6.97. The summed E-state index contributed by atoms with van der Waals surface area (Å²) < 4.78 is 21.2. The molecule has 0 fully saturated rings.